The van der Waals surface area contributed by atoms with E-state index in [-0.39, 0.29) is 0 Å². The number of dihydropyridines is 1. The fourth-order valence-electron chi connectivity index (χ4n) is 5.09. The Labute approximate surface area is 231 Å². The zero-order chi connectivity index (χ0) is 27.0. The Kier molecular flexibility index (Phi) is 6.58. The number of hydrogen-bond acceptors (Lipinski definition) is 4. The minimum atomic E-state index is -0.452. The summed E-state index contributed by atoms with van der Waals surface area (Å²) in [5.41, 5.74) is 9.28. The van der Waals surface area contributed by atoms with E-state index in [1.54, 1.807) is 6.20 Å². The van der Waals surface area contributed by atoms with Crippen molar-refractivity contribution in [3.05, 3.63) is 103 Å². The van der Waals surface area contributed by atoms with E-state index >= 15 is 0 Å². The first-order valence-electron chi connectivity index (χ1n) is 13.6. The second-order valence-electron chi connectivity index (χ2n) is 11.3. The molecule has 0 unspecified atom stereocenters. The minimum Gasteiger partial charge on any atom is -0.399 e. The van der Waals surface area contributed by atoms with Gasteiger partial charge in [0.15, 0.2) is 0 Å². The minimum absolute atomic E-state index is 0.416. The summed E-state index contributed by atoms with van der Waals surface area (Å²) in [6.07, 6.45) is 8.93. The maximum Gasteiger partial charge on any atom is 0.494 e. The van der Waals surface area contributed by atoms with E-state index in [4.69, 9.17) is 9.31 Å². The molecule has 1 fully saturated rings. The highest BCUT2D eigenvalue weighted by molar-refractivity contribution is 6.62. The molecule has 3 heterocycles. The predicted octanol–water partition coefficient (Wildman–Crippen LogP) is 7.24. The smallest absolute Gasteiger partial charge is 0.399 e. The Morgan fingerprint density at radius 1 is 0.667 bits per heavy atom. The van der Waals surface area contributed by atoms with Crippen molar-refractivity contribution < 1.29 is 9.31 Å². The average Bonchev–Trinajstić information content (AvgIpc) is 3.20. The summed E-state index contributed by atoms with van der Waals surface area (Å²) in [6, 6.07) is 28.1. The van der Waals surface area contributed by atoms with E-state index in [1.165, 1.54) is 11.1 Å². The van der Waals surface area contributed by atoms with E-state index in [2.05, 4.69) is 117 Å². The fourth-order valence-corrected chi connectivity index (χ4v) is 5.09. The van der Waals surface area contributed by atoms with E-state index in [9.17, 15) is 0 Å². The predicted molar refractivity (Wildman–Crippen MR) is 162 cm³/mol. The zero-order valence-corrected chi connectivity index (χ0v) is 23.0. The van der Waals surface area contributed by atoms with Crippen LogP contribution < -0.4 is 5.46 Å². The third kappa shape index (κ3) is 5.12. The standard InChI is InChI=1S/C34H33BN2O2/c1-33(2)34(3,4)39-35(38-33)32-20-30(26-11-5-9-24(17-26)28-13-7-15-36-22-28)19-31(21-32)27-12-6-10-25(18-27)29-14-8-16-37-23-29/h5-7,9-15,17-23H,8,16H2,1-4H3. The second kappa shape index (κ2) is 10.1. The highest BCUT2D eigenvalue weighted by Crippen LogP contribution is 2.38. The Bertz CT molecular complexity index is 1560. The Balaban J connectivity index is 1.46. The van der Waals surface area contributed by atoms with Crippen molar-refractivity contribution in [2.75, 3.05) is 6.54 Å². The summed E-state index contributed by atoms with van der Waals surface area (Å²) in [4.78, 5) is 8.80. The van der Waals surface area contributed by atoms with Crippen LogP contribution in [0.3, 0.4) is 0 Å². The van der Waals surface area contributed by atoms with Crippen molar-refractivity contribution in [1.82, 2.24) is 4.98 Å². The van der Waals surface area contributed by atoms with Gasteiger partial charge in [-0.1, -0.05) is 60.7 Å². The molecule has 0 saturated carbocycles. The second-order valence-corrected chi connectivity index (χ2v) is 11.3. The normalized spacial score (nSPS) is 17.7. The molecule has 2 aliphatic rings. The lowest BCUT2D eigenvalue weighted by Crippen LogP contribution is -2.41. The van der Waals surface area contributed by atoms with Gasteiger partial charge in [-0.05, 0) is 103 Å². The molecule has 4 aromatic rings. The largest absolute Gasteiger partial charge is 0.494 e. The number of aliphatic imine (C=N–C) groups is 1. The molecule has 39 heavy (non-hydrogen) atoms. The number of hydrogen-bond donors (Lipinski definition) is 0. The van der Waals surface area contributed by atoms with Gasteiger partial charge in [-0.25, -0.2) is 0 Å². The van der Waals surface area contributed by atoms with E-state index in [0.29, 0.717) is 0 Å². The molecule has 6 rings (SSSR count). The number of allylic oxidation sites excluding steroid dienone is 1. The highest BCUT2D eigenvalue weighted by Gasteiger charge is 2.51. The first-order valence-corrected chi connectivity index (χ1v) is 13.6. The third-order valence-corrected chi connectivity index (χ3v) is 8.05. The van der Waals surface area contributed by atoms with E-state index in [0.717, 1.165) is 51.8 Å². The van der Waals surface area contributed by atoms with Crippen molar-refractivity contribution in [1.29, 1.82) is 0 Å². The van der Waals surface area contributed by atoms with E-state index in [1.807, 2.05) is 18.5 Å². The first-order chi connectivity index (χ1) is 18.8. The molecule has 2 aliphatic heterocycles. The fraction of sp³-hybridized carbons (Fsp3) is 0.235. The molecular weight excluding hydrogens is 479 g/mol. The van der Waals surface area contributed by atoms with Crippen molar-refractivity contribution in [2.45, 2.75) is 45.3 Å². The lowest BCUT2D eigenvalue weighted by molar-refractivity contribution is 0.00578. The number of benzene rings is 3. The summed E-state index contributed by atoms with van der Waals surface area (Å²) in [7, 11) is -0.452. The maximum absolute atomic E-state index is 6.49. The van der Waals surface area contributed by atoms with Gasteiger partial charge in [-0.3, -0.25) is 9.98 Å². The summed E-state index contributed by atoms with van der Waals surface area (Å²) < 4.78 is 13.0. The Hall–Kier alpha value is -3.80. The SMILES string of the molecule is CC1(C)OB(c2cc(-c3cccc(C4=CCCN=C4)c3)cc(-c3cccc(-c4cccnc4)c3)c2)OC1(C)C. The number of rotatable bonds is 5. The van der Waals surface area contributed by atoms with Gasteiger partial charge in [0.25, 0.3) is 0 Å². The van der Waals surface area contributed by atoms with Crippen LogP contribution in [0.4, 0.5) is 0 Å². The summed E-state index contributed by atoms with van der Waals surface area (Å²) >= 11 is 0. The molecule has 194 valence electrons. The van der Waals surface area contributed by atoms with Gasteiger partial charge in [0.2, 0.25) is 0 Å². The van der Waals surface area contributed by atoms with Crippen LogP contribution in [0.5, 0.6) is 0 Å². The van der Waals surface area contributed by atoms with Gasteiger partial charge in [-0.15, -0.1) is 0 Å². The van der Waals surface area contributed by atoms with Gasteiger partial charge in [-0.2, -0.15) is 0 Å². The van der Waals surface area contributed by atoms with Crippen LogP contribution in [0.25, 0.3) is 39.0 Å². The van der Waals surface area contributed by atoms with Crippen LogP contribution in [-0.2, 0) is 9.31 Å². The molecule has 0 N–H and O–H groups in total. The van der Waals surface area contributed by atoms with Crippen molar-refractivity contribution in [2.24, 2.45) is 4.99 Å². The molecule has 0 radical (unpaired) electrons. The third-order valence-electron chi connectivity index (χ3n) is 8.05. The number of pyridine rings is 1. The van der Waals surface area contributed by atoms with Crippen LogP contribution >= 0.6 is 0 Å². The molecule has 0 spiro atoms. The molecule has 0 amide bonds. The van der Waals surface area contributed by atoms with Gasteiger partial charge in [0.05, 0.1) is 11.2 Å². The van der Waals surface area contributed by atoms with Gasteiger partial charge in [0.1, 0.15) is 0 Å². The summed E-state index contributed by atoms with van der Waals surface area (Å²) in [5, 5.41) is 0. The molecule has 3 aromatic carbocycles. The molecule has 1 saturated heterocycles. The molecule has 0 atom stereocenters. The average molecular weight is 512 g/mol. The van der Waals surface area contributed by atoms with Crippen LogP contribution in [0.2, 0.25) is 0 Å². The monoisotopic (exact) mass is 512 g/mol. The van der Waals surface area contributed by atoms with Gasteiger partial charge >= 0.3 is 7.12 Å². The van der Waals surface area contributed by atoms with Crippen molar-refractivity contribution in [3.63, 3.8) is 0 Å². The first kappa shape index (κ1) is 25.5. The summed E-state index contributed by atoms with van der Waals surface area (Å²) in [6.45, 7) is 9.24. The molecular formula is C34H33BN2O2. The Morgan fingerprint density at radius 2 is 1.23 bits per heavy atom. The molecule has 4 nitrogen and oxygen atoms in total. The number of nitrogens with zero attached hydrogens (tertiary/aromatic N) is 2. The topological polar surface area (TPSA) is 43.7 Å². The molecule has 0 bridgehead atoms. The van der Waals surface area contributed by atoms with Crippen molar-refractivity contribution in [3.8, 4) is 33.4 Å². The highest BCUT2D eigenvalue weighted by atomic mass is 16.7. The Morgan fingerprint density at radius 3 is 1.82 bits per heavy atom. The number of aromatic nitrogens is 1. The van der Waals surface area contributed by atoms with E-state index < -0.39 is 18.3 Å². The lowest BCUT2D eigenvalue weighted by Gasteiger charge is -2.32. The molecule has 5 heteroatoms. The molecule has 1 aromatic heterocycles. The quantitative estimate of drug-likeness (QED) is 0.265. The molecule has 0 aliphatic carbocycles. The summed E-state index contributed by atoms with van der Waals surface area (Å²) in [5.74, 6) is 0. The van der Waals surface area contributed by atoms with Gasteiger partial charge < -0.3 is 9.31 Å². The van der Waals surface area contributed by atoms with Crippen LogP contribution in [0.15, 0.2) is 102 Å². The van der Waals surface area contributed by atoms with Gasteiger partial charge in [0, 0.05) is 30.7 Å². The van der Waals surface area contributed by atoms with Crippen LogP contribution in [-0.4, -0.2) is 36.1 Å². The lowest BCUT2D eigenvalue weighted by atomic mass is 9.76. The van der Waals surface area contributed by atoms with Crippen LogP contribution in [0, 0.1) is 0 Å². The van der Waals surface area contributed by atoms with Crippen LogP contribution in [0.1, 0.15) is 39.7 Å². The maximum atomic E-state index is 6.49. The van der Waals surface area contributed by atoms with Crippen molar-refractivity contribution >= 4 is 24.4 Å². The zero-order valence-electron chi connectivity index (χ0n) is 23.0.